The van der Waals surface area contributed by atoms with Crippen molar-refractivity contribution in [1.29, 1.82) is 0 Å². The maximum absolute atomic E-state index is 12.5. The van der Waals surface area contributed by atoms with Gasteiger partial charge < -0.3 is 14.7 Å². The van der Waals surface area contributed by atoms with Gasteiger partial charge in [0.25, 0.3) is 0 Å². The summed E-state index contributed by atoms with van der Waals surface area (Å²) < 4.78 is 5.25. The Morgan fingerprint density at radius 2 is 1.97 bits per heavy atom. The number of aromatic nitrogens is 2. The van der Waals surface area contributed by atoms with E-state index in [1.807, 2.05) is 32.0 Å². The lowest BCUT2D eigenvalue weighted by molar-refractivity contribution is -0.116. The molecule has 3 aromatic rings. The zero-order valence-electron chi connectivity index (χ0n) is 17.6. The maximum Gasteiger partial charge on any atom is 0.226 e. The van der Waals surface area contributed by atoms with Crippen LogP contribution in [0.2, 0.25) is 0 Å². The fourth-order valence-electron chi connectivity index (χ4n) is 3.77. The molecule has 1 amide bonds. The van der Waals surface area contributed by atoms with Crippen molar-refractivity contribution in [3.05, 3.63) is 71.4 Å². The lowest BCUT2D eigenvalue weighted by Gasteiger charge is -2.21. The van der Waals surface area contributed by atoms with E-state index in [1.54, 1.807) is 0 Å². The molecule has 1 aliphatic heterocycles. The second-order valence-electron chi connectivity index (χ2n) is 8.06. The van der Waals surface area contributed by atoms with Crippen molar-refractivity contribution in [1.82, 2.24) is 10.1 Å². The number of hydrogen-bond acceptors (Lipinski definition) is 5. The standard InChI is InChI=1S/C24H28N4O2/c1-17(2)24-26-23(30-27-24)13-7-12-22(29)25-20-10-5-3-9-19(20)16-28-15-14-18-8-4-6-11-21(18)28/h3-6,8-11,17H,7,12-16H2,1-2H3,(H,25,29). The molecule has 4 rings (SSSR count). The highest BCUT2D eigenvalue weighted by atomic mass is 16.5. The van der Waals surface area contributed by atoms with E-state index in [0.29, 0.717) is 31.0 Å². The average molecular weight is 405 g/mol. The van der Waals surface area contributed by atoms with Crippen molar-refractivity contribution in [2.45, 2.75) is 52.0 Å². The summed E-state index contributed by atoms with van der Waals surface area (Å²) >= 11 is 0. The summed E-state index contributed by atoms with van der Waals surface area (Å²) in [7, 11) is 0. The Labute approximate surface area is 177 Å². The van der Waals surface area contributed by atoms with Crippen LogP contribution >= 0.6 is 0 Å². The molecule has 2 aromatic carbocycles. The van der Waals surface area contributed by atoms with Crippen LogP contribution in [-0.2, 0) is 24.2 Å². The lowest BCUT2D eigenvalue weighted by Crippen LogP contribution is -2.21. The van der Waals surface area contributed by atoms with Crippen molar-refractivity contribution >= 4 is 17.3 Å². The van der Waals surface area contributed by atoms with Crippen LogP contribution < -0.4 is 10.2 Å². The Bertz CT molecular complexity index is 1010. The van der Waals surface area contributed by atoms with Crippen molar-refractivity contribution < 1.29 is 9.32 Å². The number of hydrogen-bond donors (Lipinski definition) is 1. The predicted octanol–water partition coefficient (Wildman–Crippen LogP) is 4.72. The van der Waals surface area contributed by atoms with Crippen molar-refractivity contribution in [3.63, 3.8) is 0 Å². The highest BCUT2D eigenvalue weighted by Crippen LogP contribution is 2.30. The molecule has 1 N–H and O–H groups in total. The smallest absolute Gasteiger partial charge is 0.226 e. The molecular formula is C24H28N4O2. The van der Waals surface area contributed by atoms with E-state index in [0.717, 1.165) is 30.8 Å². The number of nitrogens with zero attached hydrogens (tertiary/aromatic N) is 3. The van der Waals surface area contributed by atoms with E-state index in [2.05, 4.69) is 50.7 Å². The number of para-hydroxylation sites is 2. The summed E-state index contributed by atoms with van der Waals surface area (Å²) in [5.74, 6) is 1.56. The SMILES string of the molecule is CC(C)c1noc(CCCC(=O)Nc2ccccc2CN2CCc3ccccc32)n1. The summed E-state index contributed by atoms with van der Waals surface area (Å²) in [6, 6.07) is 16.6. The van der Waals surface area contributed by atoms with Gasteiger partial charge in [-0.1, -0.05) is 55.4 Å². The van der Waals surface area contributed by atoms with Crippen LogP contribution in [0, 0.1) is 0 Å². The zero-order valence-corrected chi connectivity index (χ0v) is 17.6. The molecule has 0 spiro atoms. The topological polar surface area (TPSA) is 71.3 Å². The first-order valence-electron chi connectivity index (χ1n) is 10.6. The number of rotatable bonds is 8. The van der Waals surface area contributed by atoms with Crippen LogP contribution in [0.5, 0.6) is 0 Å². The van der Waals surface area contributed by atoms with Gasteiger partial charge in [0.1, 0.15) is 0 Å². The largest absolute Gasteiger partial charge is 0.367 e. The molecule has 0 unspecified atom stereocenters. The molecular weight excluding hydrogens is 376 g/mol. The van der Waals surface area contributed by atoms with Crippen LogP contribution in [-0.4, -0.2) is 22.6 Å². The fourth-order valence-corrected chi connectivity index (χ4v) is 3.77. The fraction of sp³-hybridized carbons (Fsp3) is 0.375. The number of carbonyl (C=O) groups is 1. The molecule has 0 aliphatic carbocycles. The number of nitrogens with one attached hydrogen (secondary N) is 1. The number of carbonyl (C=O) groups excluding carboxylic acids is 1. The first kappa shape index (κ1) is 20.1. The molecule has 0 saturated carbocycles. The number of aryl methyl sites for hydroxylation is 1. The Morgan fingerprint density at radius 1 is 1.17 bits per heavy atom. The second-order valence-corrected chi connectivity index (χ2v) is 8.06. The van der Waals surface area contributed by atoms with Gasteiger partial charge in [-0.15, -0.1) is 0 Å². The minimum Gasteiger partial charge on any atom is -0.367 e. The first-order chi connectivity index (χ1) is 14.6. The Kier molecular flexibility index (Phi) is 6.12. The van der Waals surface area contributed by atoms with Gasteiger partial charge in [0.2, 0.25) is 11.8 Å². The second kappa shape index (κ2) is 9.11. The minimum atomic E-state index is 0.00729. The predicted molar refractivity (Wildman–Crippen MR) is 118 cm³/mol. The summed E-state index contributed by atoms with van der Waals surface area (Å²) in [6.07, 6.45) is 2.77. The summed E-state index contributed by atoms with van der Waals surface area (Å²) in [4.78, 5) is 19.3. The maximum atomic E-state index is 12.5. The van der Waals surface area contributed by atoms with E-state index in [9.17, 15) is 4.79 Å². The number of anilines is 2. The normalized spacial score (nSPS) is 13.0. The Balaban J connectivity index is 1.33. The highest BCUT2D eigenvalue weighted by molar-refractivity contribution is 5.91. The van der Waals surface area contributed by atoms with Gasteiger partial charge in [-0.25, -0.2) is 0 Å². The summed E-state index contributed by atoms with van der Waals surface area (Å²) in [6.45, 7) is 5.85. The van der Waals surface area contributed by atoms with Gasteiger partial charge >= 0.3 is 0 Å². The molecule has 0 saturated heterocycles. The Hall–Kier alpha value is -3.15. The molecule has 6 heteroatoms. The number of amides is 1. The van der Waals surface area contributed by atoms with Gasteiger partial charge in [-0.2, -0.15) is 4.98 Å². The monoisotopic (exact) mass is 404 g/mol. The minimum absolute atomic E-state index is 0.00729. The molecule has 0 bridgehead atoms. The molecule has 6 nitrogen and oxygen atoms in total. The summed E-state index contributed by atoms with van der Waals surface area (Å²) in [5, 5.41) is 7.05. The first-order valence-corrected chi connectivity index (χ1v) is 10.6. The molecule has 0 radical (unpaired) electrons. The van der Waals surface area contributed by atoms with Crippen LogP contribution in [0.4, 0.5) is 11.4 Å². The van der Waals surface area contributed by atoms with E-state index in [1.165, 1.54) is 11.3 Å². The third-order valence-corrected chi connectivity index (χ3v) is 5.43. The van der Waals surface area contributed by atoms with E-state index < -0.39 is 0 Å². The van der Waals surface area contributed by atoms with Crippen LogP contribution in [0.1, 0.15) is 55.4 Å². The van der Waals surface area contributed by atoms with Crippen LogP contribution in [0.15, 0.2) is 53.1 Å². The van der Waals surface area contributed by atoms with E-state index >= 15 is 0 Å². The van der Waals surface area contributed by atoms with Crippen LogP contribution in [0.3, 0.4) is 0 Å². The van der Waals surface area contributed by atoms with E-state index in [4.69, 9.17) is 4.52 Å². The molecule has 156 valence electrons. The van der Waals surface area contributed by atoms with Crippen molar-refractivity contribution in [3.8, 4) is 0 Å². The molecule has 1 aliphatic rings. The molecule has 2 heterocycles. The quantitative estimate of drug-likeness (QED) is 0.588. The van der Waals surface area contributed by atoms with Gasteiger partial charge in [0.05, 0.1) is 0 Å². The van der Waals surface area contributed by atoms with Crippen LogP contribution in [0.25, 0.3) is 0 Å². The van der Waals surface area contributed by atoms with Gasteiger partial charge in [-0.3, -0.25) is 4.79 Å². The average Bonchev–Trinajstić information content (AvgIpc) is 3.37. The molecule has 0 atom stereocenters. The number of fused-ring (bicyclic) bond motifs is 1. The van der Waals surface area contributed by atoms with E-state index in [-0.39, 0.29) is 11.8 Å². The highest BCUT2D eigenvalue weighted by Gasteiger charge is 2.19. The molecule has 1 aromatic heterocycles. The molecule has 30 heavy (non-hydrogen) atoms. The third kappa shape index (κ3) is 4.70. The van der Waals surface area contributed by atoms with Crippen molar-refractivity contribution in [2.75, 3.05) is 16.8 Å². The number of benzene rings is 2. The third-order valence-electron chi connectivity index (χ3n) is 5.43. The summed E-state index contributed by atoms with van der Waals surface area (Å²) in [5.41, 5.74) is 4.69. The Morgan fingerprint density at radius 3 is 2.80 bits per heavy atom. The van der Waals surface area contributed by atoms with Gasteiger partial charge in [0.15, 0.2) is 5.82 Å². The van der Waals surface area contributed by atoms with Gasteiger partial charge in [-0.05, 0) is 36.1 Å². The van der Waals surface area contributed by atoms with Gasteiger partial charge in [0, 0.05) is 43.2 Å². The van der Waals surface area contributed by atoms with Crippen molar-refractivity contribution in [2.24, 2.45) is 0 Å². The molecule has 0 fully saturated rings. The zero-order chi connectivity index (χ0) is 20.9. The lowest BCUT2D eigenvalue weighted by atomic mass is 10.1.